The topological polar surface area (TPSA) is 20.2 Å². The van der Waals surface area contributed by atoms with Crippen LogP contribution in [0.4, 0.5) is 17.1 Å². The van der Waals surface area contributed by atoms with Crippen LogP contribution in [0.5, 0.6) is 0 Å². The molecular weight excluding hydrogens is 823 g/mol. The lowest BCUT2D eigenvalue weighted by molar-refractivity contribution is 0.660. The molecule has 2 aliphatic carbocycles. The van der Waals surface area contributed by atoms with Gasteiger partial charge in [0.15, 0.2) is 0 Å². The zero-order valence-corrected chi connectivity index (χ0v) is 38.1. The number of nitrogens with one attached hydrogen (secondary N) is 1. The summed E-state index contributed by atoms with van der Waals surface area (Å²) in [6.07, 6.45) is 7.17. The largest absolute Gasteiger partial charge is 0.378 e. The number of aromatic nitrogens is 1. The van der Waals surface area contributed by atoms with Gasteiger partial charge >= 0.3 is 0 Å². The molecule has 3 heteroatoms. The lowest BCUT2D eigenvalue weighted by Gasteiger charge is -2.34. The van der Waals surface area contributed by atoms with Gasteiger partial charge in [-0.05, 0) is 122 Å². The highest BCUT2D eigenvalue weighted by Gasteiger charge is 2.36. The van der Waals surface area contributed by atoms with E-state index >= 15 is 0 Å². The van der Waals surface area contributed by atoms with Crippen molar-refractivity contribution in [3.05, 3.63) is 265 Å². The lowest BCUT2D eigenvalue weighted by Crippen LogP contribution is -2.29. The van der Waals surface area contributed by atoms with Gasteiger partial charge in [-0.25, -0.2) is 0 Å². The molecule has 324 valence electrons. The van der Waals surface area contributed by atoms with E-state index in [0.717, 1.165) is 28.4 Å². The highest BCUT2D eigenvalue weighted by Crippen LogP contribution is 2.50. The first-order chi connectivity index (χ1) is 33.5. The predicted molar refractivity (Wildman–Crippen MR) is 288 cm³/mol. The molecule has 2 atom stereocenters. The number of allylic oxidation sites excluding steroid dienone is 1. The van der Waals surface area contributed by atoms with Crippen LogP contribution in [-0.4, -0.2) is 10.6 Å². The first-order valence-electron chi connectivity index (χ1n) is 23.8. The standard InChI is InChI=1S/C65H49N3/c1-65(2)58-26-14-13-25-54(58)55-36-34-48(41-59(55)65)66-60-37-35-51(67(49-19-5-3-6-20-49)61-27-15-18-44-16-9-11-23-52(44)61)42-56(60)46-30-28-43(29-31-46)47-33-38-62-57(40-47)64-53-24-12-10-17-45(53)32-39-63(64)68(62)50-21-7-4-8-22-50/h3-42,56,60,66H,1-2H3. The Kier molecular flexibility index (Phi) is 9.33. The van der Waals surface area contributed by atoms with Crippen molar-refractivity contribution in [1.82, 2.24) is 4.57 Å². The van der Waals surface area contributed by atoms with Gasteiger partial charge < -0.3 is 14.8 Å². The second-order valence-electron chi connectivity index (χ2n) is 19.0. The summed E-state index contributed by atoms with van der Waals surface area (Å²) in [7, 11) is 0. The van der Waals surface area contributed by atoms with E-state index in [1.807, 2.05) is 0 Å². The maximum atomic E-state index is 4.05. The summed E-state index contributed by atoms with van der Waals surface area (Å²) in [6, 6.07) is 82.4. The number of hydrogen-bond acceptors (Lipinski definition) is 2. The van der Waals surface area contributed by atoms with Crippen LogP contribution < -0.4 is 10.2 Å². The molecule has 3 nitrogen and oxygen atoms in total. The van der Waals surface area contributed by atoms with Gasteiger partial charge in [0.05, 0.1) is 22.8 Å². The van der Waals surface area contributed by atoms with E-state index in [4.69, 9.17) is 0 Å². The molecular formula is C65H49N3. The van der Waals surface area contributed by atoms with E-state index in [1.165, 1.54) is 82.3 Å². The summed E-state index contributed by atoms with van der Waals surface area (Å²) in [4.78, 5) is 2.43. The summed E-state index contributed by atoms with van der Waals surface area (Å²) < 4.78 is 2.41. The molecule has 0 saturated heterocycles. The van der Waals surface area contributed by atoms with Crippen molar-refractivity contribution < 1.29 is 0 Å². The second-order valence-corrected chi connectivity index (χ2v) is 19.0. The van der Waals surface area contributed by atoms with Crippen LogP contribution in [0.3, 0.4) is 0 Å². The Morgan fingerprint density at radius 1 is 0.500 bits per heavy atom. The van der Waals surface area contributed by atoms with Crippen LogP contribution in [0.25, 0.3) is 71.3 Å². The molecule has 1 aromatic heterocycles. The van der Waals surface area contributed by atoms with E-state index in [9.17, 15) is 0 Å². The molecule has 68 heavy (non-hydrogen) atoms. The third-order valence-corrected chi connectivity index (χ3v) is 14.7. The van der Waals surface area contributed by atoms with Gasteiger partial charge in [0, 0.05) is 50.3 Å². The number of hydrogen-bond donors (Lipinski definition) is 1. The molecule has 2 unspecified atom stereocenters. The Hall–Kier alpha value is -8.40. The molecule has 11 aromatic rings. The summed E-state index contributed by atoms with van der Waals surface area (Å²) in [5, 5.41) is 11.6. The lowest BCUT2D eigenvalue weighted by atomic mass is 9.82. The van der Waals surface area contributed by atoms with Crippen molar-refractivity contribution in [2.24, 2.45) is 0 Å². The first kappa shape index (κ1) is 39.9. The fraction of sp³-hybridized carbons (Fsp3) is 0.0769. The molecule has 0 bridgehead atoms. The van der Waals surface area contributed by atoms with E-state index in [2.05, 4.69) is 271 Å². The Balaban J connectivity index is 0.925. The van der Waals surface area contributed by atoms with Crippen molar-refractivity contribution in [3.8, 4) is 27.9 Å². The van der Waals surface area contributed by atoms with Gasteiger partial charge in [-0.15, -0.1) is 0 Å². The molecule has 1 N–H and O–H groups in total. The molecule has 0 aliphatic heterocycles. The van der Waals surface area contributed by atoms with Crippen molar-refractivity contribution >= 4 is 60.4 Å². The minimum Gasteiger partial charge on any atom is -0.378 e. The van der Waals surface area contributed by atoms with Crippen LogP contribution in [-0.2, 0) is 5.41 Å². The highest BCUT2D eigenvalue weighted by atomic mass is 15.2. The number of rotatable bonds is 8. The molecule has 0 amide bonds. The maximum Gasteiger partial charge on any atom is 0.0552 e. The van der Waals surface area contributed by atoms with Gasteiger partial charge in [0.1, 0.15) is 0 Å². The Morgan fingerprint density at radius 2 is 1.16 bits per heavy atom. The number of anilines is 3. The first-order valence-corrected chi connectivity index (χ1v) is 23.8. The van der Waals surface area contributed by atoms with E-state index in [1.54, 1.807) is 0 Å². The molecule has 0 radical (unpaired) electrons. The van der Waals surface area contributed by atoms with Gasteiger partial charge in [0.25, 0.3) is 0 Å². The van der Waals surface area contributed by atoms with Crippen LogP contribution in [0, 0.1) is 0 Å². The third-order valence-electron chi connectivity index (χ3n) is 14.7. The summed E-state index contributed by atoms with van der Waals surface area (Å²) in [6.45, 7) is 4.71. The average Bonchev–Trinajstić information content (AvgIpc) is 3.85. The summed E-state index contributed by atoms with van der Waals surface area (Å²) >= 11 is 0. The Morgan fingerprint density at radius 3 is 1.99 bits per heavy atom. The number of para-hydroxylation sites is 2. The quantitative estimate of drug-likeness (QED) is 0.164. The summed E-state index contributed by atoms with van der Waals surface area (Å²) in [5.41, 5.74) is 17.1. The summed E-state index contributed by atoms with van der Waals surface area (Å²) in [5.74, 6) is 0.0152. The Bertz CT molecular complexity index is 3790. The molecule has 13 rings (SSSR count). The predicted octanol–water partition coefficient (Wildman–Crippen LogP) is 16.9. The monoisotopic (exact) mass is 871 g/mol. The van der Waals surface area contributed by atoms with Crippen LogP contribution in [0.2, 0.25) is 0 Å². The molecule has 10 aromatic carbocycles. The van der Waals surface area contributed by atoms with Gasteiger partial charge in [0.2, 0.25) is 0 Å². The maximum absolute atomic E-state index is 4.05. The van der Waals surface area contributed by atoms with Gasteiger partial charge in [-0.3, -0.25) is 0 Å². The Labute approximate surface area is 397 Å². The zero-order valence-electron chi connectivity index (χ0n) is 38.1. The number of benzene rings is 10. The number of fused-ring (bicyclic) bond motifs is 9. The van der Waals surface area contributed by atoms with E-state index in [-0.39, 0.29) is 17.4 Å². The molecule has 0 fully saturated rings. The van der Waals surface area contributed by atoms with Crippen LogP contribution >= 0.6 is 0 Å². The zero-order chi connectivity index (χ0) is 45.3. The average molecular weight is 872 g/mol. The molecule has 0 spiro atoms. The normalized spacial score (nSPS) is 15.9. The van der Waals surface area contributed by atoms with Crippen molar-refractivity contribution in [1.29, 1.82) is 0 Å². The fourth-order valence-electron chi connectivity index (χ4n) is 11.4. The minimum atomic E-state index is -0.0878. The third kappa shape index (κ3) is 6.49. The van der Waals surface area contributed by atoms with Crippen LogP contribution in [0.15, 0.2) is 248 Å². The van der Waals surface area contributed by atoms with Crippen LogP contribution in [0.1, 0.15) is 36.5 Å². The fourth-order valence-corrected chi connectivity index (χ4v) is 11.4. The van der Waals surface area contributed by atoms with E-state index < -0.39 is 0 Å². The molecule has 0 saturated carbocycles. The van der Waals surface area contributed by atoms with Crippen molar-refractivity contribution in [2.75, 3.05) is 10.2 Å². The second kappa shape index (κ2) is 15.9. The smallest absolute Gasteiger partial charge is 0.0552 e. The molecule has 1 heterocycles. The minimum absolute atomic E-state index is 0.00609. The van der Waals surface area contributed by atoms with Crippen molar-refractivity contribution in [2.45, 2.75) is 31.2 Å². The SMILES string of the molecule is CC1(C)c2ccccc2-c2ccc(NC3C=CC(N(c4ccccc4)c4cccc5ccccc45)=CC3c3ccc(-c4ccc5c(c4)c4c6ccccc6ccc4n5-c4ccccc4)cc3)cc21. The van der Waals surface area contributed by atoms with E-state index in [0.29, 0.717) is 0 Å². The highest BCUT2D eigenvalue weighted by molar-refractivity contribution is 6.22. The molecule has 2 aliphatic rings. The number of nitrogens with zero attached hydrogens (tertiary/aromatic N) is 2. The van der Waals surface area contributed by atoms with Gasteiger partial charge in [-0.1, -0.05) is 190 Å². The van der Waals surface area contributed by atoms with Gasteiger partial charge in [-0.2, -0.15) is 0 Å². The van der Waals surface area contributed by atoms with Crippen molar-refractivity contribution in [3.63, 3.8) is 0 Å².